The van der Waals surface area contributed by atoms with Crippen molar-refractivity contribution in [3.63, 3.8) is 0 Å². The fourth-order valence-corrected chi connectivity index (χ4v) is 2.02. The van der Waals surface area contributed by atoms with Gasteiger partial charge in [-0.25, -0.2) is 0 Å². The van der Waals surface area contributed by atoms with Crippen LogP contribution in [0.2, 0.25) is 0 Å². The molecule has 2 rings (SSSR count). The number of hydrogen-bond acceptors (Lipinski definition) is 4. The molecule has 1 N–H and O–H groups in total. The van der Waals surface area contributed by atoms with Crippen molar-refractivity contribution in [3.05, 3.63) is 11.4 Å². The zero-order valence-electron chi connectivity index (χ0n) is 10.5. The molecule has 0 spiro atoms. The topological polar surface area (TPSA) is 56.5 Å². The van der Waals surface area contributed by atoms with Gasteiger partial charge in [0, 0.05) is 6.61 Å². The third-order valence-corrected chi connectivity index (χ3v) is 3.09. The fourth-order valence-electron chi connectivity index (χ4n) is 2.02. The summed E-state index contributed by atoms with van der Waals surface area (Å²) in [6.07, 6.45) is 3.22. The van der Waals surface area contributed by atoms with Crippen molar-refractivity contribution >= 4 is 0 Å². The van der Waals surface area contributed by atoms with Gasteiger partial charge in [0.15, 0.2) is 12.0 Å². The Kier molecular flexibility index (Phi) is 4.02. The predicted octanol–water partition coefficient (Wildman–Crippen LogP) is 1.75. The summed E-state index contributed by atoms with van der Waals surface area (Å²) < 4.78 is 12.9. The minimum Gasteiger partial charge on any atom is -0.504 e. The van der Waals surface area contributed by atoms with Crippen molar-refractivity contribution in [2.45, 2.75) is 45.9 Å². The molecule has 1 atom stereocenters. The smallest absolute Gasteiger partial charge is 0.159 e. The first kappa shape index (κ1) is 12.4. The fraction of sp³-hybridized carbons (Fsp3) is 0.750. The van der Waals surface area contributed by atoms with E-state index in [2.05, 4.69) is 5.10 Å². The molecule has 5 nitrogen and oxygen atoms in total. The molecule has 0 saturated carbocycles. The van der Waals surface area contributed by atoms with Crippen LogP contribution in [0.25, 0.3) is 0 Å². The highest BCUT2D eigenvalue weighted by molar-refractivity contribution is 5.29. The van der Waals surface area contributed by atoms with Crippen LogP contribution in [-0.4, -0.2) is 34.4 Å². The third-order valence-electron chi connectivity index (χ3n) is 3.09. The van der Waals surface area contributed by atoms with Gasteiger partial charge < -0.3 is 14.6 Å². The zero-order valence-corrected chi connectivity index (χ0v) is 10.5. The normalized spacial score (nSPS) is 20.7. The van der Waals surface area contributed by atoms with Gasteiger partial charge in [0.2, 0.25) is 0 Å². The van der Waals surface area contributed by atoms with Gasteiger partial charge >= 0.3 is 0 Å². The second kappa shape index (κ2) is 5.51. The lowest BCUT2D eigenvalue weighted by Gasteiger charge is -2.22. The van der Waals surface area contributed by atoms with Crippen molar-refractivity contribution in [2.75, 3.05) is 13.2 Å². The molecule has 0 amide bonds. The largest absolute Gasteiger partial charge is 0.504 e. The van der Waals surface area contributed by atoms with Crippen LogP contribution in [0.3, 0.4) is 0 Å². The zero-order chi connectivity index (χ0) is 12.3. The molecule has 0 aliphatic carbocycles. The van der Waals surface area contributed by atoms with Gasteiger partial charge in [0.1, 0.15) is 5.69 Å². The number of aromatic hydroxyl groups is 1. The molecule has 1 aromatic rings. The second-order valence-corrected chi connectivity index (χ2v) is 4.41. The van der Waals surface area contributed by atoms with Gasteiger partial charge in [-0.1, -0.05) is 0 Å². The standard InChI is InChI=1S/C12H20N2O3/c1-9-12(15)10(2)14(13-9)6-8-17-11-5-3-4-7-16-11/h11,15H,3-8H2,1-2H3. The molecule has 96 valence electrons. The van der Waals surface area contributed by atoms with Crippen LogP contribution in [0.5, 0.6) is 5.75 Å². The lowest BCUT2D eigenvalue weighted by molar-refractivity contribution is -0.163. The van der Waals surface area contributed by atoms with E-state index >= 15 is 0 Å². The number of ether oxygens (including phenoxy) is 2. The Labute approximate surface area is 101 Å². The molecule has 0 bridgehead atoms. The van der Waals surface area contributed by atoms with E-state index in [4.69, 9.17) is 9.47 Å². The van der Waals surface area contributed by atoms with Crippen LogP contribution >= 0.6 is 0 Å². The molecule has 1 saturated heterocycles. The minimum absolute atomic E-state index is 0.0608. The summed E-state index contributed by atoms with van der Waals surface area (Å²) in [6, 6.07) is 0. The van der Waals surface area contributed by atoms with Crippen molar-refractivity contribution in [2.24, 2.45) is 0 Å². The number of aromatic nitrogens is 2. The minimum atomic E-state index is -0.0608. The lowest BCUT2D eigenvalue weighted by atomic mass is 10.2. The van der Waals surface area contributed by atoms with E-state index < -0.39 is 0 Å². The Balaban J connectivity index is 1.79. The van der Waals surface area contributed by atoms with E-state index in [1.54, 1.807) is 11.6 Å². The highest BCUT2D eigenvalue weighted by atomic mass is 16.7. The number of aryl methyl sites for hydroxylation is 1. The molecule has 1 aliphatic heterocycles. The number of nitrogens with zero attached hydrogens (tertiary/aromatic N) is 2. The van der Waals surface area contributed by atoms with Crippen LogP contribution in [-0.2, 0) is 16.0 Å². The van der Waals surface area contributed by atoms with Gasteiger partial charge in [0.05, 0.1) is 18.8 Å². The first-order valence-electron chi connectivity index (χ1n) is 6.14. The number of hydrogen-bond donors (Lipinski definition) is 1. The van der Waals surface area contributed by atoms with E-state index in [0.717, 1.165) is 25.1 Å². The Morgan fingerprint density at radius 3 is 2.88 bits per heavy atom. The van der Waals surface area contributed by atoms with Crippen LogP contribution in [0.1, 0.15) is 30.7 Å². The first-order valence-corrected chi connectivity index (χ1v) is 6.14. The van der Waals surface area contributed by atoms with Gasteiger partial charge in [0.25, 0.3) is 0 Å². The molecule has 0 aromatic carbocycles. The third kappa shape index (κ3) is 2.98. The van der Waals surface area contributed by atoms with Crippen LogP contribution < -0.4 is 0 Å². The molecule has 1 unspecified atom stereocenters. The van der Waals surface area contributed by atoms with Crippen LogP contribution in [0.15, 0.2) is 0 Å². The summed E-state index contributed by atoms with van der Waals surface area (Å²) in [5.74, 6) is 0.277. The number of rotatable bonds is 4. The molecule has 5 heteroatoms. The first-order chi connectivity index (χ1) is 8.18. The van der Waals surface area contributed by atoms with Gasteiger partial charge in [-0.05, 0) is 33.1 Å². The molecule has 2 heterocycles. The Morgan fingerprint density at radius 1 is 1.47 bits per heavy atom. The summed E-state index contributed by atoms with van der Waals surface area (Å²) in [5.41, 5.74) is 1.45. The van der Waals surface area contributed by atoms with E-state index in [1.807, 2.05) is 6.92 Å². The molecular weight excluding hydrogens is 220 g/mol. The van der Waals surface area contributed by atoms with Crippen molar-refractivity contribution in [3.8, 4) is 5.75 Å². The Hall–Kier alpha value is -1.07. The maximum Gasteiger partial charge on any atom is 0.159 e. The quantitative estimate of drug-likeness (QED) is 0.871. The van der Waals surface area contributed by atoms with E-state index in [-0.39, 0.29) is 12.0 Å². The summed E-state index contributed by atoms with van der Waals surface area (Å²) in [4.78, 5) is 0. The Morgan fingerprint density at radius 2 is 2.29 bits per heavy atom. The lowest BCUT2D eigenvalue weighted by Crippen LogP contribution is -2.24. The summed E-state index contributed by atoms with van der Waals surface area (Å²) >= 11 is 0. The van der Waals surface area contributed by atoms with Crippen molar-refractivity contribution in [1.82, 2.24) is 9.78 Å². The predicted molar refractivity (Wildman–Crippen MR) is 62.9 cm³/mol. The van der Waals surface area contributed by atoms with E-state index in [1.165, 1.54) is 6.42 Å². The molecular formula is C12H20N2O3. The highest BCUT2D eigenvalue weighted by Gasteiger charge is 2.14. The van der Waals surface area contributed by atoms with Crippen LogP contribution in [0.4, 0.5) is 0 Å². The molecule has 1 aromatic heterocycles. The summed E-state index contributed by atoms with van der Waals surface area (Å²) in [5, 5.41) is 13.9. The Bertz CT molecular complexity index is 370. The molecule has 1 aliphatic rings. The summed E-state index contributed by atoms with van der Waals surface area (Å²) in [7, 11) is 0. The maximum atomic E-state index is 9.63. The van der Waals surface area contributed by atoms with E-state index in [0.29, 0.717) is 18.8 Å². The van der Waals surface area contributed by atoms with Gasteiger partial charge in [-0.2, -0.15) is 5.10 Å². The summed E-state index contributed by atoms with van der Waals surface area (Å²) in [6.45, 7) is 5.65. The van der Waals surface area contributed by atoms with Gasteiger partial charge in [-0.15, -0.1) is 0 Å². The molecule has 17 heavy (non-hydrogen) atoms. The molecule has 0 radical (unpaired) electrons. The average molecular weight is 240 g/mol. The van der Waals surface area contributed by atoms with Crippen molar-refractivity contribution in [1.29, 1.82) is 0 Å². The maximum absolute atomic E-state index is 9.63. The van der Waals surface area contributed by atoms with Crippen LogP contribution in [0, 0.1) is 13.8 Å². The van der Waals surface area contributed by atoms with E-state index in [9.17, 15) is 5.11 Å². The highest BCUT2D eigenvalue weighted by Crippen LogP contribution is 2.20. The monoisotopic (exact) mass is 240 g/mol. The average Bonchev–Trinajstić information content (AvgIpc) is 2.59. The van der Waals surface area contributed by atoms with Crippen molar-refractivity contribution < 1.29 is 14.6 Å². The second-order valence-electron chi connectivity index (χ2n) is 4.41. The SMILES string of the molecule is Cc1nn(CCOC2CCCCO2)c(C)c1O. The molecule has 1 fully saturated rings. The van der Waals surface area contributed by atoms with Gasteiger partial charge in [-0.3, -0.25) is 4.68 Å².